The number of aromatic nitrogens is 3. The summed E-state index contributed by atoms with van der Waals surface area (Å²) in [5.41, 5.74) is 2.11. The topological polar surface area (TPSA) is 47.8 Å². The second-order valence-corrected chi connectivity index (χ2v) is 3.76. The van der Waals surface area contributed by atoms with E-state index in [0.717, 1.165) is 11.1 Å². The molecule has 5 heteroatoms. The zero-order chi connectivity index (χ0) is 10.1. The van der Waals surface area contributed by atoms with Crippen molar-refractivity contribution in [3.63, 3.8) is 0 Å². The number of ketones is 1. The molecule has 4 nitrogen and oxygen atoms in total. The SMILES string of the molecule is Cc1cscc1C(=O)c1cnn(C)n1. The Bertz CT molecular complexity index is 472. The molecule has 72 valence electrons. The van der Waals surface area contributed by atoms with Crippen LogP contribution in [0.1, 0.15) is 21.6 Å². The molecule has 0 spiro atoms. The smallest absolute Gasteiger partial charge is 0.215 e. The van der Waals surface area contributed by atoms with E-state index in [0.29, 0.717) is 5.69 Å². The number of hydrogen-bond acceptors (Lipinski definition) is 4. The Morgan fingerprint density at radius 2 is 2.29 bits per heavy atom. The van der Waals surface area contributed by atoms with Gasteiger partial charge in [-0.3, -0.25) is 4.79 Å². The molecule has 0 bridgehead atoms. The summed E-state index contributed by atoms with van der Waals surface area (Å²) in [6.45, 7) is 1.92. The molecule has 0 aromatic carbocycles. The predicted molar refractivity (Wildman–Crippen MR) is 53.5 cm³/mol. The molecule has 2 aromatic heterocycles. The van der Waals surface area contributed by atoms with Gasteiger partial charge in [0.25, 0.3) is 0 Å². The van der Waals surface area contributed by atoms with Crippen LogP contribution in [-0.4, -0.2) is 20.8 Å². The van der Waals surface area contributed by atoms with Crippen molar-refractivity contribution in [1.29, 1.82) is 0 Å². The van der Waals surface area contributed by atoms with Gasteiger partial charge in [0.05, 0.1) is 6.20 Å². The predicted octanol–water partition coefficient (Wildman–Crippen LogP) is 1.42. The first-order valence-corrected chi connectivity index (χ1v) is 5.06. The number of thiophene rings is 1. The van der Waals surface area contributed by atoms with Crippen LogP contribution >= 0.6 is 11.3 Å². The van der Waals surface area contributed by atoms with E-state index in [1.54, 1.807) is 7.05 Å². The molecule has 14 heavy (non-hydrogen) atoms. The maximum atomic E-state index is 11.8. The molecule has 0 atom stereocenters. The third-order valence-electron chi connectivity index (χ3n) is 1.93. The van der Waals surface area contributed by atoms with Gasteiger partial charge < -0.3 is 0 Å². The highest BCUT2D eigenvalue weighted by Gasteiger charge is 2.15. The van der Waals surface area contributed by atoms with Gasteiger partial charge in [0.1, 0.15) is 0 Å². The third kappa shape index (κ3) is 1.46. The number of carbonyl (C=O) groups excluding carboxylic acids is 1. The zero-order valence-corrected chi connectivity index (χ0v) is 8.71. The lowest BCUT2D eigenvalue weighted by Gasteiger charge is -1.93. The van der Waals surface area contributed by atoms with Gasteiger partial charge in [-0.2, -0.15) is 26.3 Å². The summed E-state index contributed by atoms with van der Waals surface area (Å²) < 4.78 is 0. The summed E-state index contributed by atoms with van der Waals surface area (Å²) in [5, 5.41) is 11.6. The monoisotopic (exact) mass is 207 g/mol. The molecule has 0 aliphatic carbocycles. The van der Waals surface area contributed by atoms with Gasteiger partial charge in [-0.1, -0.05) is 0 Å². The minimum atomic E-state index is -0.0585. The van der Waals surface area contributed by atoms with Crippen LogP contribution in [-0.2, 0) is 7.05 Å². The molecular weight excluding hydrogens is 198 g/mol. The molecule has 0 amide bonds. The summed E-state index contributed by atoms with van der Waals surface area (Å²) in [4.78, 5) is 13.2. The summed E-state index contributed by atoms with van der Waals surface area (Å²) in [7, 11) is 1.69. The van der Waals surface area contributed by atoms with E-state index in [9.17, 15) is 4.79 Å². The van der Waals surface area contributed by atoms with Gasteiger partial charge >= 0.3 is 0 Å². The van der Waals surface area contributed by atoms with Crippen molar-refractivity contribution >= 4 is 17.1 Å². The second-order valence-electron chi connectivity index (χ2n) is 3.02. The number of nitrogens with zero attached hydrogens (tertiary/aromatic N) is 3. The lowest BCUT2D eigenvalue weighted by Crippen LogP contribution is -2.03. The van der Waals surface area contributed by atoms with Crippen molar-refractivity contribution in [2.45, 2.75) is 6.92 Å². The lowest BCUT2D eigenvalue weighted by atomic mass is 10.1. The molecule has 0 saturated carbocycles. The quantitative estimate of drug-likeness (QED) is 0.700. The first kappa shape index (κ1) is 9.08. The molecule has 2 heterocycles. The van der Waals surface area contributed by atoms with Crippen LogP contribution in [0.25, 0.3) is 0 Å². The van der Waals surface area contributed by atoms with Crippen LogP contribution < -0.4 is 0 Å². The van der Waals surface area contributed by atoms with E-state index in [1.165, 1.54) is 22.3 Å². The minimum Gasteiger partial charge on any atom is -0.287 e. The molecular formula is C9H9N3OS. The van der Waals surface area contributed by atoms with E-state index >= 15 is 0 Å². The molecule has 0 N–H and O–H groups in total. The van der Waals surface area contributed by atoms with Crippen LogP contribution in [0, 0.1) is 6.92 Å². The largest absolute Gasteiger partial charge is 0.287 e. The number of aryl methyl sites for hydroxylation is 2. The van der Waals surface area contributed by atoms with Gasteiger partial charge in [0.2, 0.25) is 5.78 Å². The van der Waals surface area contributed by atoms with E-state index in [2.05, 4.69) is 10.2 Å². The van der Waals surface area contributed by atoms with Crippen molar-refractivity contribution in [3.8, 4) is 0 Å². The lowest BCUT2D eigenvalue weighted by molar-refractivity contribution is 0.103. The van der Waals surface area contributed by atoms with Crippen LogP contribution in [0.4, 0.5) is 0 Å². The van der Waals surface area contributed by atoms with Crippen molar-refractivity contribution < 1.29 is 4.79 Å². The van der Waals surface area contributed by atoms with Gasteiger partial charge in [0.15, 0.2) is 5.69 Å². The van der Waals surface area contributed by atoms with E-state index in [1.807, 2.05) is 17.7 Å². The molecule has 0 aliphatic rings. The Labute approximate surface area is 85.2 Å². The van der Waals surface area contributed by atoms with Gasteiger partial charge in [-0.05, 0) is 17.9 Å². The maximum absolute atomic E-state index is 11.8. The van der Waals surface area contributed by atoms with E-state index < -0.39 is 0 Å². The average molecular weight is 207 g/mol. The van der Waals surface area contributed by atoms with Crippen molar-refractivity contribution in [2.75, 3.05) is 0 Å². The highest BCUT2D eigenvalue weighted by atomic mass is 32.1. The zero-order valence-electron chi connectivity index (χ0n) is 7.89. The van der Waals surface area contributed by atoms with Crippen LogP contribution in [0.3, 0.4) is 0 Å². The fourth-order valence-corrected chi connectivity index (χ4v) is 2.01. The summed E-state index contributed by atoms with van der Waals surface area (Å²) in [6, 6.07) is 0. The van der Waals surface area contributed by atoms with Gasteiger partial charge in [0, 0.05) is 18.0 Å². The third-order valence-corrected chi connectivity index (χ3v) is 2.79. The molecule has 0 saturated heterocycles. The Balaban J connectivity index is 2.38. The van der Waals surface area contributed by atoms with Crippen LogP contribution in [0.5, 0.6) is 0 Å². The van der Waals surface area contributed by atoms with Crippen LogP contribution in [0.15, 0.2) is 17.0 Å². The number of hydrogen-bond donors (Lipinski definition) is 0. The van der Waals surface area contributed by atoms with Gasteiger partial charge in [-0.15, -0.1) is 0 Å². The number of rotatable bonds is 2. The molecule has 0 unspecified atom stereocenters. The first-order chi connectivity index (χ1) is 6.68. The van der Waals surface area contributed by atoms with Crippen molar-refractivity contribution in [3.05, 3.63) is 33.8 Å². The van der Waals surface area contributed by atoms with Gasteiger partial charge in [-0.25, -0.2) is 0 Å². The highest BCUT2D eigenvalue weighted by Crippen LogP contribution is 2.16. The fourth-order valence-electron chi connectivity index (χ4n) is 1.18. The molecule has 0 fully saturated rings. The Hall–Kier alpha value is -1.49. The molecule has 2 aromatic rings. The van der Waals surface area contributed by atoms with Crippen LogP contribution in [0.2, 0.25) is 0 Å². The standard InChI is InChI=1S/C9H9N3OS/c1-6-4-14-5-7(6)9(13)8-3-10-12(2)11-8/h3-5H,1-2H3. The molecule has 2 rings (SSSR count). The average Bonchev–Trinajstić information content (AvgIpc) is 2.73. The molecule has 0 radical (unpaired) electrons. The first-order valence-electron chi connectivity index (χ1n) is 4.12. The van der Waals surface area contributed by atoms with Crippen molar-refractivity contribution in [2.24, 2.45) is 7.05 Å². The maximum Gasteiger partial charge on any atom is 0.215 e. The summed E-state index contributed by atoms with van der Waals surface area (Å²) >= 11 is 1.52. The van der Waals surface area contributed by atoms with Crippen molar-refractivity contribution in [1.82, 2.24) is 15.0 Å². The Kier molecular flexibility index (Phi) is 2.17. The molecule has 0 aliphatic heterocycles. The summed E-state index contributed by atoms with van der Waals surface area (Å²) in [5.74, 6) is -0.0585. The highest BCUT2D eigenvalue weighted by molar-refractivity contribution is 7.08. The van der Waals surface area contributed by atoms with E-state index in [4.69, 9.17) is 0 Å². The summed E-state index contributed by atoms with van der Waals surface area (Å²) in [6.07, 6.45) is 1.49. The number of carbonyl (C=O) groups is 1. The Morgan fingerprint density at radius 3 is 2.79 bits per heavy atom. The van der Waals surface area contributed by atoms with E-state index in [-0.39, 0.29) is 5.78 Å². The minimum absolute atomic E-state index is 0.0585. The second kappa shape index (κ2) is 3.34. The normalized spacial score (nSPS) is 10.4. The Morgan fingerprint density at radius 1 is 1.50 bits per heavy atom. The fraction of sp³-hybridized carbons (Fsp3) is 0.222.